The molecule has 1 atom stereocenters. The van der Waals surface area contributed by atoms with E-state index >= 15 is 0 Å². The van der Waals surface area contributed by atoms with Gasteiger partial charge >= 0.3 is 0 Å². The van der Waals surface area contributed by atoms with Gasteiger partial charge in [0.15, 0.2) is 11.6 Å². The normalized spacial score (nSPS) is 11.9. The molecule has 0 saturated heterocycles. The Kier molecular flexibility index (Phi) is 6.03. The van der Waals surface area contributed by atoms with Crippen LogP contribution in [0, 0.1) is 0 Å². The van der Waals surface area contributed by atoms with Gasteiger partial charge in [0.1, 0.15) is 11.5 Å². The van der Waals surface area contributed by atoms with Gasteiger partial charge in [-0.05, 0) is 49.4 Å². The van der Waals surface area contributed by atoms with Gasteiger partial charge in [-0.2, -0.15) is 0 Å². The highest BCUT2D eigenvalue weighted by Gasteiger charge is 2.20. The monoisotopic (exact) mass is 403 g/mol. The predicted octanol–water partition coefficient (Wildman–Crippen LogP) is 4.51. The van der Waals surface area contributed by atoms with Crippen molar-refractivity contribution in [2.75, 3.05) is 14.2 Å². The zero-order valence-corrected chi connectivity index (χ0v) is 16.6. The van der Waals surface area contributed by atoms with E-state index in [2.05, 4.69) is 15.2 Å². The number of halogens is 1. The van der Waals surface area contributed by atoms with Crippen molar-refractivity contribution in [2.24, 2.45) is 0 Å². The minimum Gasteiger partial charge on any atom is -0.497 e. The Bertz CT molecular complexity index is 944. The zero-order chi connectivity index (χ0) is 19.4. The molecular formula is C19H18ClN3O3S. The van der Waals surface area contributed by atoms with Crippen molar-refractivity contribution in [2.45, 2.75) is 17.3 Å². The third kappa shape index (κ3) is 4.43. The summed E-state index contributed by atoms with van der Waals surface area (Å²) >= 11 is 7.35. The summed E-state index contributed by atoms with van der Waals surface area (Å²) in [6.07, 6.45) is 0. The van der Waals surface area contributed by atoms with Crippen molar-refractivity contribution in [1.82, 2.24) is 15.2 Å². The first-order valence-electron chi connectivity index (χ1n) is 8.13. The van der Waals surface area contributed by atoms with E-state index in [0.717, 1.165) is 0 Å². The summed E-state index contributed by atoms with van der Waals surface area (Å²) in [6.45, 7) is 1.83. The van der Waals surface area contributed by atoms with E-state index < -0.39 is 0 Å². The summed E-state index contributed by atoms with van der Waals surface area (Å²) in [5.74, 6) is 1.87. The summed E-state index contributed by atoms with van der Waals surface area (Å²) < 4.78 is 10.5. The molecule has 6 nitrogen and oxygen atoms in total. The lowest BCUT2D eigenvalue weighted by atomic mass is 10.1. The Hall–Kier alpha value is -2.51. The minimum atomic E-state index is -0.344. The zero-order valence-electron chi connectivity index (χ0n) is 15.0. The van der Waals surface area contributed by atoms with Crippen molar-refractivity contribution in [3.05, 3.63) is 53.1 Å². The Morgan fingerprint density at radius 2 is 1.89 bits per heavy atom. The second-order valence-corrected chi connectivity index (χ2v) is 7.41. The van der Waals surface area contributed by atoms with Crippen LogP contribution < -0.4 is 9.47 Å². The van der Waals surface area contributed by atoms with Crippen LogP contribution in [0.15, 0.2) is 47.6 Å². The molecule has 0 aliphatic carbocycles. The lowest BCUT2D eigenvalue weighted by Gasteiger charge is -2.08. The lowest BCUT2D eigenvalue weighted by Crippen LogP contribution is -2.13. The third-order valence-electron chi connectivity index (χ3n) is 3.91. The van der Waals surface area contributed by atoms with E-state index in [4.69, 9.17) is 21.1 Å². The Morgan fingerprint density at radius 3 is 2.56 bits per heavy atom. The molecule has 0 fully saturated rings. The van der Waals surface area contributed by atoms with Gasteiger partial charge in [0.05, 0.1) is 25.0 Å². The smallest absolute Gasteiger partial charge is 0.209 e. The third-order valence-corrected chi connectivity index (χ3v) is 5.10. The summed E-state index contributed by atoms with van der Waals surface area (Å²) in [4.78, 5) is 17.1. The fraction of sp³-hybridized carbons (Fsp3) is 0.211. The van der Waals surface area contributed by atoms with Gasteiger partial charge in [-0.15, -0.1) is 5.10 Å². The van der Waals surface area contributed by atoms with Crippen LogP contribution in [0.3, 0.4) is 0 Å². The molecule has 0 aliphatic rings. The number of H-pyrrole nitrogens is 1. The summed E-state index contributed by atoms with van der Waals surface area (Å²) in [5, 5.41) is 7.77. The molecule has 0 bridgehead atoms. The second kappa shape index (κ2) is 8.45. The quantitative estimate of drug-likeness (QED) is 0.462. The van der Waals surface area contributed by atoms with E-state index in [1.165, 1.54) is 11.8 Å². The van der Waals surface area contributed by atoms with Crippen LogP contribution in [-0.4, -0.2) is 40.4 Å². The number of nitrogens with one attached hydrogen (secondary N) is 1. The van der Waals surface area contributed by atoms with Gasteiger partial charge in [-0.25, -0.2) is 4.98 Å². The van der Waals surface area contributed by atoms with Crippen molar-refractivity contribution in [3.63, 3.8) is 0 Å². The molecule has 0 spiro atoms. The molecule has 1 heterocycles. The molecule has 0 amide bonds. The molecule has 0 saturated carbocycles. The number of aromatic amines is 1. The Morgan fingerprint density at radius 1 is 1.15 bits per heavy atom. The molecule has 1 aromatic heterocycles. The maximum absolute atomic E-state index is 12.6. The van der Waals surface area contributed by atoms with Gasteiger partial charge in [0, 0.05) is 10.6 Å². The molecule has 0 radical (unpaired) electrons. The topological polar surface area (TPSA) is 77.1 Å². The van der Waals surface area contributed by atoms with Crippen molar-refractivity contribution in [3.8, 4) is 22.9 Å². The number of thioether (sulfide) groups is 1. The van der Waals surface area contributed by atoms with Gasteiger partial charge < -0.3 is 9.47 Å². The van der Waals surface area contributed by atoms with E-state index in [-0.39, 0.29) is 11.0 Å². The second-order valence-electron chi connectivity index (χ2n) is 5.66. The maximum atomic E-state index is 12.6. The highest BCUT2D eigenvalue weighted by molar-refractivity contribution is 8.00. The molecule has 27 heavy (non-hydrogen) atoms. The molecule has 140 valence electrons. The number of rotatable bonds is 7. The molecule has 1 unspecified atom stereocenters. The Balaban J connectivity index is 1.75. The van der Waals surface area contributed by atoms with Crippen molar-refractivity contribution < 1.29 is 14.3 Å². The highest BCUT2D eigenvalue weighted by atomic mass is 35.5. The fourth-order valence-electron chi connectivity index (χ4n) is 2.49. The highest BCUT2D eigenvalue weighted by Crippen LogP contribution is 2.32. The average molecular weight is 404 g/mol. The number of methoxy groups -OCH3 is 2. The number of Topliss-reactive ketones (excluding diaryl/α,β-unsaturated/α-hetero) is 1. The van der Waals surface area contributed by atoms with Gasteiger partial charge in [0.2, 0.25) is 5.16 Å². The van der Waals surface area contributed by atoms with Crippen molar-refractivity contribution in [1.29, 1.82) is 0 Å². The van der Waals surface area contributed by atoms with Crippen LogP contribution in [-0.2, 0) is 0 Å². The van der Waals surface area contributed by atoms with Gasteiger partial charge in [-0.1, -0.05) is 23.4 Å². The van der Waals surface area contributed by atoms with Crippen LogP contribution in [0.5, 0.6) is 11.5 Å². The summed E-state index contributed by atoms with van der Waals surface area (Å²) in [7, 11) is 3.17. The minimum absolute atomic E-state index is 0.00524. The number of hydrogen-bond acceptors (Lipinski definition) is 6. The Labute approximate surface area is 166 Å². The molecular weight excluding hydrogens is 386 g/mol. The number of ether oxygens (including phenoxy) is 2. The van der Waals surface area contributed by atoms with E-state index in [0.29, 0.717) is 38.6 Å². The number of ketones is 1. The molecule has 3 aromatic rings. The maximum Gasteiger partial charge on any atom is 0.209 e. The van der Waals surface area contributed by atoms with Crippen LogP contribution >= 0.6 is 23.4 Å². The number of benzene rings is 2. The van der Waals surface area contributed by atoms with Gasteiger partial charge in [-0.3, -0.25) is 9.89 Å². The SMILES string of the molecule is COc1ccc(C(=O)C(C)Sc2n[nH]c(-c3cc(Cl)ccc3OC)n2)cc1. The average Bonchev–Trinajstić information content (AvgIpc) is 3.15. The first-order valence-corrected chi connectivity index (χ1v) is 9.39. The molecule has 8 heteroatoms. The lowest BCUT2D eigenvalue weighted by molar-refractivity contribution is 0.0994. The number of nitrogens with zero attached hydrogens (tertiary/aromatic N) is 2. The molecule has 1 N–H and O–H groups in total. The van der Waals surface area contributed by atoms with Crippen molar-refractivity contribution >= 4 is 29.1 Å². The summed E-state index contributed by atoms with van der Waals surface area (Å²) in [6, 6.07) is 12.3. The molecule has 0 aliphatic heterocycles. The fourth-order valence-corrected chi connectivity index (χ4v) is 3.46. The predicted molar refractivity (Wildman–Crippen MR) is 106 cm³/mol. The molecule has 2 aromatic carbocycles. The largest absolute Gasteiger partial charge is 0.497 e. The number of carbonyl (C=O) groups is 1. The molecule has 3 rings (SSSR count). The summed E-state index contributed by atoms with van der Waals surface area (Å²) in [5.41, 5.74) is 1.32. The number of aromatic nitrogens is 3. The van der Waals surface area contributed by atoms with E-state index in [9.17, 15) is 4.79 Å². The number of hydrogen-bond donors (Lipinski definition) is 1. The van der Waals surface area contributed by atoms with Crippen LogP contribution in [0.4, 0.5) is 0 Å². The van der Waals surface area contributed by atoms with E-state index in [1.54, 1.807) is 56.7 Å². The van der Waals surface area contributed by atoms with E-state index in [1.807, 2.05) is 6.92 Å². The first-order chi connectivity index (χ1) is 13.0. The van der Waals surface area contributed by atoms with Crippen LogP contribution in [0.25, 0.3) is 11.4 Å². The van der Waals surface area contributed by atoms with Crippen LogP contribution in [0.2, 0.25) is 5.02 Å². The van der Waals surface area contributed by atoms with Crippen LogP contribution in [0.1, 0.15) is 17.3 Å². The first kappa shape index (κ1) is 19.3. The van der Waals surface area contributed by atoms with Gasteiger partial charge in [0.25, 0.3) is 0 Å². The standard InChI is InChI=1S/C19H18ClN3O3S/c1-11(17(24)12-4-7-14(25-2)8-5-12)27-19-21-18(22-23-19)15-10-13(20)6-9-16(15)26-3/h4-11H,1-3H3,(H,21,22,23). The number of carbonyl (C=O) groups excluding carboxylic acids is 1.